The number of amides is 2. The second-order valence-electron chi connectivity index (χ2n) is 5.00. The van der Waals surface area contributed by atoms with Crippen LogP contribution in [0.2, 0.25) is 0 Å². The van der Waals surface area contributed by atoms with Crippen LogP contribution in [0, 0.1) is 0 Å². The molecule has 1 unspecified atom stereocenters. The van der Waals surface area contributed by atoms with Crippen molar-refractivity contribution in [2.24, 2.45) is 7.05 Å². The molecule has 1 N–H and O–H groups in total. The molecule has 1 aromatic carbocycles. The molecule has 1 saturated heterocycles. The number of carbonyl (C=O) groups excluding carboxylic acids is 2. The van der Waals surface area contributed by atoms with E-state index in [-0.39, 0.29) is 18.2 Å². The minimum Gasteiger partial charge on any atom is -0.330 e. The van der Waals surface area contributed by atoms with Crippen molar-refractivity contribution in [2.75, 3.05) is 7.05 Å². The van der Waals surface area contributed by atoms with E-state index in [1.54, 1.807) is 0 Å². The third kappa shape index (κ3) is 1.98. The quantitative estimate of drug-likeness (QED) is 0.822. The summed E-state index contributed by atoms with van der Waals surface area (Å²) in [6.07, 6.45) is 0.222. The van der Waals surface area contributed by atoms with Crippen LogP contribution in [0.5, 0.6) is 0 Å². The lowest BCUT2D eigenvalue weighted by molar-refractivity contribution is -0.137. The molecule has 20 heavy (non-hydrogen) atoms. The molecule has 0 saturated carbocycles. The second-order valence-corrected chi connectivity index (χ2v) is 5.00. The third-order valence-electron chi connectivity index (χ3n) is 3.77. The lowest BCUT2D eigenvalue weighted by atomic mass is 10.2. The zero-order valence-corrected chi connectivity index (χ0v) is 11.5. The largest absolute Gasteiger partial charge is 0.330 e. The number of aryl methyl sites for hydroxylation is 1. The van der Waals surface area contributed by atoms with Gasteiger partial charge in [-0.25, -0.2) is 4.98 Å². The molecule has 3 rings (SSSR count). The monoisotopic (exact) mass is 272 g/mol. The Morgan fingerprint density at radius 3 is 2.70 bits per heavy atom. The molecule has 2 heterocycles. The van der Waals surface area contributed by atoms with Crippen LogP contribution in [0.3, 0.4) is 0 Å². The number of imide groups is 1. The van der Waals surface area contributed by atoms with Crippen LogP contribution in [0.4, 0.5) is 0 Å². The molecule has 0 bridgehead atoms. The Balaban J connectivity index is 1.76. The molecule has 1 atom stereocenters. The fourth-order valence-electron chi connectivity index (χ4n) is 2.48. The van der Waals surface area contributed by atoms with Gasteiger partial charge in [0.25, 0.3) is 0 Å². The smallest absolute Gasteiger partial charge is 0.246 e. The summed E-state index contributed by atoms with van der Waals surface area (Å²) < 4.78 is 1.99. The van der Waals surface area contributed by atoms with E-state index in [2.05, 4.69) is 10.3 Å². The Labute approximate surface area is 116 Å². The van der Waals surface area contributed by atoms with Gasteiger partial charge < -0.3 is 4.57 Å². The van der Waals surface area contributed by atoms with Crippen LogP contribution in [0.15, 0.2) is 24.3 Å². The Bertz CT molecular complexity index is 692. The molecule has 0 radical (unpaired) electrons. The van der Waals surface area contributed by atoms with Crippen LogP contribution in [0.1, 0.15) is 12.2 Å². The molecule has 2 amide bonds. The number of benzene rings is 1. The lowest BCUT2D eigenvalue weighted by Crippen LogP contribution is -2.37. The number of hydrogen-bond acceptors (Lipinski definition) is 4. The molecule has 1 aromatic heterocycles. The highest BCUT2D eigenvalue weighted by Gasteiger charge is 2.35. The topological polar surface area (TPSA) is 67.2 Å². The van der Waals surface area contributed by atoms with Gasteiger partial charge in [0.05, 0.1) is 30.0 Å². The number of para-hydroxylation sites is 2. The highest BCUT2D eigenvalue weighted by atomic mass is 16.2. The maximum atomic E-state index is 11.8. The zero-order valence-electron chi connectivity index (χ0n) is 11.5. The van der Waals surface area contributed by atoms with E-state index < -0.39 is 6.04 Å². The van der Waals surface area contributed by atoms with Crippen LogP contribution in [-0.4, -0.2) is 39.4 Å². The highest BCUT2D eigenvalue weighted by Crippen LogP contribution is 2.15. The molecular weight excluding hydrogens is 256 g/mol. The second kappa shape index (κ2) is 4.72. The number of hydrogen-bond donors (Lipinski definition) is 1. The van der Waals surface area contributed by atoms with Crippen molar-refractivity contribution >= 4 is 22.8 Å². The van der Waals surface area contributed by atoms with Crippen molar-refractivity contribution in [1.29, 1.82) is 0 Å². The summed E-state index contributed by atoms with van der Waals surface area (Å²) in [7, 11) is 3.46. The van der Waals surface area contributed by atoms with Crippen molar-refractivity contribution in [2.45, 2.75) is 19.0 Å². The number of nitrogens with zero attached hydrogens (tertiary/aromatic N) is 3. The Morgan fingerprint density at radius 1 is 1.30 bits per heavy atom. The standard InChI is InChI=1S/C14H16N4O2/c1-17-11-6-4-3-5-9(11)16-12(17)8-15-10-7-13(19)18(2)14(10)20/h3-6,10,15H,7-8H2,1-2H3. The molecule has 1 aliphatic heterocycles. The highest BCUT2D eigenvalue weighted by molar-refractivity contribution is 6.05. The summed E-state index contributed by atoms with van der Waals surface area (Å²) in [5, 5.41) is 3.11. The minimum atomic E-state index is -0.438. The summed E-state index contributed by atoms with van der Waals surface area (Å²) in [6.45, 7) is 0.461. The minimum absolute atomic E-state index is 0.141. The maximum Gasteiger partial charge on any atom is 0.246 e. The van der Waals surface area contributed by atoms with E-state index >= 15 is 0 Å². The number of likely N-dealkylation sites (tertiary alicyclic amines) is 1. The SMILES string of the molecule is CN1C(=O)CC(NCc2nc3ccccc3n2C)C1=O. The maximum absolute atomic E-state index is 11.8. The first-order chi connectivity index (χ1) is 9.58. The molecule has 1 fully saturated rings. The number of fused-ring (bicyclic) bond motifs is 1. The number of likely N-dealkylation sites (N-methyl/N-ethyl adjacent to an activating group) is 1. The lowest BCUT2D eigenvalue weighted by Gasteiger charge is -2.10. The van der Waals surface area contributed by atoms with Crippen molar-refractivity contribution in [3.05, 3.63) is 30.1 Å². The van der Waals surface area contributed by atoms with Crippen molar-refractivity contribution in [3.8, 4) is 0 Å². The van der Waals surface area contributed by atoms with Crippen LogP contribution < -0.4 is 5.32 Å². The summed E-state index contributed by atoms with van der Waals surface area (Å²) in [4.78, 5) is 29.0. The van der Waals surface area contributed by atoms with Gasteiger partial charge in [0.15, 0.2) is 0 Å². The van der Waals surface area contributed by atoms with Gasteiger partial charge in [-0.3, -0.25) is 19.8 Å². The van der Waals surface area contributed by atoms with Gasteiger partial charge >= 0.3 is 0 Å². The molecule has 2 aromatic rings. The summed E-state index contributed by atoms with van der Waals surface area (Å²) in [5.74, 6) is 0.535. The predicted molar refractivity (Wildman–Crippen MR) is 73.7 cm³/mol. The van der Waals surface area contributed by atoms with E-state index in [9.17, 15) is 9.59 Å². The van der Waals surface area contributed by atoms with Gasteiger partial charge in [-0.1, -0.05) is 12.1 Å². The van der Waals surface area contributed by atoms with Crippen molar-refractivity contribution in [3.63, 3.8) is 0 Å². The summed E-state index contributed by atoms with van der Waals surface area (Å²) in [6, 6.07) is 7.43. The van der Waals surface area contributed by atoms with Crippen LogP contribution >= 0.6 is 0 Å². The molecule has 0 spiro atoms. The first-order valence-corrected chi connectivity index (χ1v) is 6.52. The van der Waals surface area contributed by atoms with Gasteiger partial charge in [-0.2, -0.15) is 0 Å². The predicted octanol–water partition coefficient (Wildman–Crippen LogP) is 0.420. The number of nitrogens with one attached hydrogen (secondary N) is 1. The zero-order chi connectivity index (χ0) is 14.3. The van der Waals surface area contributed by atoms with Gasteiger partial charge in [-0.15, -0.1) is 0 Å². The van der Waals surface area contributed by atoms with Crippen LogP contribution in [0.25, 0.3) is 11.0 Å². The first-order valence-electron chi connectivity index (χ1n) is 6.52. The Hall–Kier alpha value is -2.21. The van der Waals surface area contributed by atoms with Gasteiger partial charge in [-0.05, 0) is 12.1 Å². The fourth-order valence-corrected chi connectivity index (χ4v) is 2.48. The first kappa shape index (κ1) is 12.8. The molecule has 6 heteroatoms. The summed E-state index contributed by atoms with van der Waals surface area (Å²) in [5.41, 5.74) is 1.98. The Kier molecular flexibility index (Phi) is 3.02. The number of imidazole rings is 1. The average molecular weight is 272 g/mol. The third-order valence-corrected chi connectivity index (χ3v) is 3.77. The molecule has 1 aliphatic rings. The van der Waals surface area contributed by atoms with Crippen molar-refractivity contribution in [1.82, 2.24) is 19.8 Å². The number of rotatable bonds is 3. The number of aromatic nitrogens is 2. The average Bonchev–Trinajstić information content (AvgIpc) is 2.90. The van der Waals surface area contributed by atoms with Gasteiger partial charge in [0.2, 0.25) is 11.8 Å². The van der Waals surface area contributed by atoms with Gasteiger partial charge in [0.1, 0.15) is 5.82 Å². The molecular formula is C14H16N4O2. The van der Waals surface area contributed by atoms with Gasteiger partial charge in [0, 0.05) is 14.1 Å². The molecule has 104 valence electrons. The van der Waals surface area contributed by atoms with E-state index in [1.807, 2.05) is 35.9 Å². The molecule has 0 aliphatic carbocycles. The number of carbonyl (C=O) groups is 2. The molecule has 6 nitrogen and oxygen atoms in total. The van der Waals surface area contributed by atoms with Crippen molar-refractivity contribution < 1.29 is 9.59 Å². The van der Waals surface area contributed by atoms with E-state index in [0.29, 0.717) is 6.54 Å². The Morgan fingerprint density at radius 2 is 2.05 bits per heavy atom. The van der Waals surface area contributed by atoms with E-state index in [4.69, 9.17) is 0 Å². The van der Waals surface area contributed by atoms with E-state index in [1.165, 1.54) is 11.9 Å². The van der Waals surface area contributed by atoms with E-state index in [0.717, 1.165) is 16.9 Å². The van der Waals surface area contributed by atoms with Crippen LogP contribution in [-0.2, 0) is 23.2 Å². The normalized spacial score (nSPS) is 19.3. The summed E-state index contributed by atoms with van der Waals surface area (Å²) >= 11 is 0. The fraction of sp³-hybridized carbons (Fsp3) is 0.357.